The number of ether oxygens (including phenoxy) is 1. The van der Waals surface area contributed by atoms with E-state index in [1.165, 1.54) is 4.68 Å². The Hall–Kier alpha value is -2.60. The number of benzene rings is 1. The van der Waals surface area contributed by atoms with Crippen LogP contribution in [0.4, 0.5) is 11.4 Å². The summed E-state index contributed by atoms with van der Waals surface area (Å²) >= 11 is 0. The average Bonchev–Trinajstić information content (AvgIpc) is 2.98. The first-order valence-corrected chi connectivity index (χ1v) is 7.90. The van der Waals surface area contributed by atoms with Crippen LogP contribution < -0.4 is 10.9 Å². The number of methoxy groups -OCH3 is 1. The molecule has 24 heavy (non-hydrogen) atoms. The molecule has 0 saturated carbocycles. The van der Waals surface area contributed by atoms with Gasteiger partial charge in [-0.25, -0.2) is 4.68 Å². The molecule has 3 aromatic rings. The van der Waals surface area contributed by atoms with E-state index in [1.54, 1.807) is 20.4 Å². The Bertz CT molecular complexity index is 940. The van der Waals surface area contributed by atoms with Crippen LogP contribution in [0.5, 0.6) is 0 Å². The number of aryl methyl sites for hydroxylation is 2. The third-order valence-electron chi connectivity index (χ3n) is 4.34. The van der Waals surface area contributed by atoms with Gasteiger partial charge in [-0.1, -0.05) is 6.07 Å². The van der Waals surface area contributed by atoms with Crippen molar-refractivity contribution in [1.29, 1.82) is 0 Å². The lowest BCUT2D eigenvalue weighted by molar-refractivity contribution is 0.188. The predicted molar refractivity (Wildman–Crippen MR) is 96.0 cm³/mol. The third kappa shape index (κ3) is 2.80. The lowest BCUT2D eigenvalue weighted by Gasteiger charge is -2.14. The van der Waals surface area contributed by atoms with Crippen LogP contribution in [0, 0.1) is 13.8 Å². The topological polar surface area (TPSA) is 61.1 Å². The molecule has 0 bridgehead atoms. The Kier molecular flexibility index (Phi) is 4.40. The lowest BCUT2D eigenvalue weighted by Crippen LogP contribution is -2.22. The molecule has 1 aromatic carbocycles. The molecule has 0 fully saturated rings. The van der Waals surface area contributed by atoms with Gasteiger partial charge in [0.1, 0.15) is 0 Å². The maximum atomic E-state index is 12.1. The molecule has 0 amide bonds. The molecule has 0 aliphatic rings. The second-order valence-electron chi connectivity index (χ2n) is 5.93. The van der Waals surface area contributed by atoms with Crippen molar-refractivity contribution in [2.45, 2.75) is 20.4 Å². The molecule has 0 aliphatic heterocycles. The van der Waals surface area contributed by atoms with E-state index >= 15 is 0 Å². The number of hydrogen-bond acceptors (Lipinski definition) is 4. The van der Waals surface area contributed by atoms with Gasteiger partial charge in [0.05, 0.1) is 29.7 Å². The first-order valence-electron chi connectivity index (χ1n) is 7.90. The van der Waals surface area contributed by atoms with Gasteiger partial charge in [0.2, 0.25) is 0 Å². The Morgan fingerprint density at radius 1 is 1.25 bits per heavy atom. The maximum absolute atomic E-state index is 12.1. The lowest BCUT2D eigenvalue weighted by atomic mass is 10.1. The highest BCUT2D eigenvalue weighted by atomic mass is 16.5. The molecule has 0 saturated heterocycles. The maximum Gasteiger partial charge on any atom is 0.271 e. The minimum absolute atomic E-state index is 0.0949. The van der Waals surface area contributed by atoms with Crippen molar-refractivity contribution in [2.24, 2.45) is 7.05 Å². The molecule has 0 unspecified atom stereocenters. The number of aromatic nitrogens is 3. The van der Waals surface area contributed by atoms with E-state index in [1.807, 2.05) is 6.92 Å². The van der Waals surface area contributed by atoms with Gasteiger partial charge < -0.3 is 14.6 Å². The van der Waals surface area contributed by atoms with Crippen LogP contribution >= 0.6 is 0 Å². The van der Waals surface area contributed by atoms with Crippen LogP contribution in [-0.4, -0.2) is 28.1 Å². The number of rotatable bonds is 5. The Morgan fingerprint density at radius 2 is 2.04 bits per heavy atom. The normalized spacial score (nSPS) is 11.2. The smallest absolute Gasteiger partial charge is 0.271 e. The van der Waals surface area contributed by atoms with Gasteiger partial charge in [-0.05, 0) is 31.5 Å². The number of anilines is 2. The summed E-state index contributed by atoms with van der Waals surface area (Å²) in [4.78, 5) is 12.1. The van der Waals surface area contributed by atoms with Crippen LogP contribution in [0.3, 0.4) is 0 Å². The van der Waals surface area contributed by atoms with Crippen LogP contribution in [0.2, 0.25) is 0 Å². The monoisotopic (exact) mass is 326 g/mol. The summed E-state index contributed by atoms with van der Waals surface area (Å²) in [6.45, 7) is 5.33. The zero-order valence-corrected chi connectivity index (χ0v) is 14.5. The van der Waals surface area contributed by atoms with Crippen molar-refractivity contribution in [3.63, 3.8) is 0 Å². The highest BCUT2D eigenvalue weighted by Crippen LogP contribution is 2.31. The summed E-state index contributed by atoms with van der Waals surface area (Å²) < 4.78 is 8.68. The fraction of sp³-hybridized carbons (Fsp3) is 0.333. The van der Waals surface area contributed by atoms with Crippen molar-refractivity contribution in [2.75, 3.05) is 19.0 Å². The largest absolute Gasteiger partial charge is 0.383 e. The molecule has 0 radical (unpaired) electrons. The second-order valence-corrected chi connectivity index (χ2v) is 5.93. The van der Waals surface area contributed by atoms with Gasteiger partial charge in [0, 0.05) is 37.8 Å². The highest BCUT2D eigenvalue weighted by Gasteiger charge is 2.12. The minimum atomic E-state index is -0.0949. The van der Waals surface area contributed by atoms with E-state index in [4.69, 9.17) is 4.74 Å². The zero-order valence-electron chi connectivity index (χ0n) is 14.5. The Labute approximate surface area is 140 Å². The van der Waals surface area contributed by atoms with Crippen molar-refractivity contribution in [3.05, 3.63) is 52.1 Å². The molecule has 3 rings (SSSR count). The third-order valence-corrected chi connectivity index (χ3v) is 4.34. The summed E-state index contributed by atoms with van der Waals surface area (Å²) in [5, 5.41) is 8.63. The van der Waals surface area contributed by atoms with Gasteiger partial charge in [-0.3, -0.25) is 4.79 Å². The standard InChI is InChI=1S/C18H22N4O2/c1-12-5-6-16-14(7-8-22(16)9-10-24-4)17(12)20-15-11-19-21(3)18(23)13(15)2/h5-8,11,20H,9-10H2,1-4H3. The molecule has 1 N–H and O–H groups in total. The van der Waals surface area contributed by atoms with E-state index in [9.17, 15) is 4.79 Å². The van der Waals surface area contributed by atoms with Crippen molar-refractivity contribution in [1.82, 2.24) is 14.3 Å². The summed E-state index contributed by atoms with van der Waals surface area (Å²) in [7, 11) is 3.36. The molecule has 2 heterocycles. The average molecular weight is 326 g/mol. The van der Waals surface area contributed by atoms with Crippen LogP contribution in [0.25, 0.3) is 10.9 Å². The number of hydrogen-bond donors (Lipinski definition) is 1. The number of fused-ring (bicyclic) bond motifs is 1. The molecule has 0 spiro atoms. The van der Waals surface area contributed by atoms with Gasteiger partial charge in [-0.15, -0.1) is 0 Å². The van der Waals surface area contributed by atoms with Gasteiger partial charge in [0.15, 0.2) is 0 Å². The van der Waals surface area contributed by atoms with Crippen LogP contribution in [0.15, 0.2) is 35.4 Å². The molecular weight excluding hydrogens is 304 g/mol. The van der Waals surface area contributed by atoms with Gasteiger partial charge in [0.25, 0.3) is 5.56 Å². The highest BCUT2D eigenvalue weighted by molar-refractivity contribution is 5.96. The molecule has 0 aliphatic carbocycles. The first-order chi connectivity index (χ1) is 11.5. The Balaban J connectivity index is 2.06. The zero-order chi connectivity index (χ0) is 17.3. The molecule has 6 nitrogen and oxygen atoms in total. The fourth-order valence-corrected chi connectivity index (χ4v) is 2.84. The number of nitrogens with one attached hydrogen (secondary N) is 1. The molecule has 0 atom stereocenters. The van der Waals surface area contributed by atoms with E-state index < -0.39 is 0 Å². The van der Waals surface area contributed by atoms with Crippen LogP contribution in [0.1, 0.15) is 11.1 Å². The number of nitrogens with zero attached hydrogens (tertiary/aromatic N) is 3. The molecular formula is C18H22N4O2. The van der Waals surface area contributed by atoms with Gasteiger partial charge in [-0.2, -0.15) is 5.10 Å². The van der Waals surface area contributed by atoms with Crippen molar-refractivity contribution < 1.29 is 4.74 Å². The SMILES string of the molecule is COCCn1ccc2c(Nc3cnn(C)c(=O)c3C)c(C)ccc21. The van der Waals surface area contributed by atoms with Gasteiger partial charge >= 0.3 is 0 Å². The summed E-state index contributed by atoms with van der Waals surface area (Å²) in [6, 6.07) is 6.28. The van der Waals surface area contributed by atoms with Crippen LogP contribution in [-0.2, 0) is 18.3 Å². The van der Waals surface area contributed by atoms with Crippen molar-refractivity contribution >= 4 is 22.3 Å². The van der Waals surface area contributed by atoms with E-state index in [2.05, 4.69) is 46.3 Å². The van der Waals surface area contributed by atoms with Crippen molar-refractivity contribution in [3.8, 4) is 0 Å². The summed E-state index contributed by atoms with van der Waals surface area (Å²) in [5.74, 6) is 0. The predicted octanol–water partition coefficient (Wildman–Crippen LogP) is 2.74. The Morgan fingerprint density at radius 3 is 2.79 bits per heavy atom. The second kappa shape index (κ2) is 6.49. The fourth-order valence-electron chi connectivity index (χ4n) is 2.84. The van der Waals surface area contributed by atoms with E-state index in [0.29, 0.717) is 12.2 Å². The summed E-state index contributed by atoms with van der Waals surface area (Å²) in [6.07, 6.45) is 3.75. The minimum Gasteiger partial charge on any atom is -0.383 e. The molecule has 2 aromatic heterocycles. The summed E-state index contributed by atoms with van der Waals surface area (Å²) in [5.41, 5.74) is 4.55. The quantitative estimate of drug-likeness (QED) is 0.783. The molecule has 6 heteroatoms. The van der Waals surface area contributed by atoms with E-state index in [-0.39, 0.29) is 5.56 Å². The molecule has 126 valence electrons. The van der Waals surface area contributed by atoms with E-state index in [0.717, 1.165) is 34.4 Å². The first kappa shape index (κ1) is 16.3.